The van der Waals surface area contributed by atoms with Crippen molar-refractivity contribution >= 4 is 17.1 Å². The molecule has 0 bridgehead atoms. The van der Waals surface area contributed by atoms with Crippen molar-refractivity contribution in [2.24, 2.45) is 0 Å². The molecule has 0 spiro atoms. The van der Waals surface area contributed by atoms with E-state index in [1.807, 2.05) is 98.5 Å². The molecule has 5 aromatic carbocycles. The predicted octanol–water partition coefficient (Wildman–Crippen LogP) is 13.1. The summed E-state index contributed by atoms with van der Waals surface area (Å²) in [6.07, 6.45) is 3.17. The number of ether oxygens (including phenoxy) is 2. The van der Waals surface area contributed by atoms with E-state index in [2.05, 4.69) is 55.0 Å². The van der Waals surface area contributed by atoms with E-state index < -0.39 is 23.2 Å². The fraction of sp³-hybridized carbons (Fsp3) is 0.149. The van der Waals surface area contributed by atoms with E-state index in [9.17, 15) is 0 Å². The molecule has 0 unspecified atom stereocenters. The van der Waals surface area contributed by atoms with Crippen molar-refractivity contribution in [3.8, 4) is 45.5 Å². The third kappa shape index (κ3) is 8.55. The second-order valence-corrected chi connectivity index (χ2v) is 14.4. The standard InChI is InChI=1S/C47H38F3N3O2.Pd/c1-29-21-30(2)43(31(3)22-29)32-17-19-52-42(23-32)55-38-26-36(53(34-13-9-7-10-14-34)35-15-11-8-12-16-35)25-37(27-38)54-41-28-39(44(48)46(50)45(41)49)40-24-33(18-20-51-40)47(4,5)6;/h7-26H,1-6H3;/q-2;+2. The van der Waals surface area contributed by atoms with Crippen LogP contribution >= 0.6 is 0 Å². The Morgan fingerprint density at radius 3 is 1.80 bits per heavy atom. The quantitative estimate of drug-likeness (QED) is 0.0823. The van der Waals surface area contributed by atoms with E-state index in [1.165, 1.54) is 11.8 Å². The molecule has 7 aromatic rings. The third-order valence-electron chi connectivity index (χ3n) is 9.14. The Labute approximate surface area is 339 Å². The van der Waals surface area contributed by atoms with Crippen LogP contribution in [-0.4, -0.2) is 9.97 Å². The van der Waals surface area contributed by atoms with Crippen molar-refractivity contribution < 1.29 is 43.1 Å². The van der Waals surface area contributed by atoms with Crippen molar-refractivity contribution in [2.75, 3.05) is 4.90 Å². The normalized spacial score (nSPS) is 11.2. The Morgan fingerprint density at radius 2 is 1.20 bits per heavy atom. The van der Waals surface area contributed by atoms with Crippen molar-refractivity contribution in [1.29, 1.82) is 0 Å². The fourth-order valence-corrected chi connectivity index (χ4v) is 6.63. The van der Waals surface area contributed by atoms with Gasteiger partial charge in [-0.25, -0.2) is 9.37 Å². The van der Waals surface area contributed by atoms with Gasteiger partial charge in [0.15, 0.2) is 0 Å². The number of aromatic nitrogens is 2. The molecule has 0 N–H and O–H groups in total. The third-order valence-corrected chi connectivity index (χ3v) is 9.14. The zero-order valence-corrected chi connectivity index (χ0v) is 33.2. The van der Waals surface area contributed by atoms with Crippen molar-refractivity contribution in [3.63, 3.8) is 0 Å². The van der Waals surface area contributed by atoms with Gasteiger partial charge in [0.1, 0.15) is 11.6 Å². The van der Waals surface area contributed by atoms with Gasteiger partial charge in [0, 0.05) is 41.3 Å². The molecule has 0 amide bonds. The minimum Gasteiger partial charge on any atom is -0.500 e. The molecule has 0 aliphatic carbocycles. The first kappa shape index (κ1) is 39.9. The number of hydrogen-bond donors (Lipinski definition) is 0. The molecule has 2 heterocycles. The van der Waals surface area contributed by atoms with Gasteiger partial charge in [0.05, 0.1) is 11.6 Å². The molecule has 5 nitrogen and oxygen atoms in total. The summed E-state index contributed by atoms with van der Waals surface area (Å²) in [5.74, 6) is -4.95. The van der Waals surface area contributed by atoms with E-state index in [0.717, 1.165) is 39.2 Å². The van der Waals surface area contributed by atoms with E-state index in [-0.39, 0.29) is 54.5 Å². The number of para-hydroxylation sites is 2. The zero-order chi connectivity index (χ0) is 38.9. The van der Waals surface area contributed by atoms with Crippen molar-refractivity contribution in [1.82, 2.24) is 9.97 Å². The van der Waals surface area contributed by atoms with Gasteiger partial charge >= 0.3 is 20.4 Å². The van der Waals surface area contributed by atoms with Gasteiger partial charge in [-0.1, -0.05) is 104 Å². The molecule has 2 aromatic heterocycles. The smallest absolute Gasteiger partial charge is 0.500 e. The second kappa shape index (κ2) is 16.5. The summed E-state index contributed by atoms with van der Waals surface area (Å²) < 4.78 is 58.7. The van der Waals surface area contributed by atoms with Crippen LogP contribution in [0.25, 0.3) is 22.4 Å². The molecular weight excluding hydrogens is 802 g/mol. The molecule has 0 saturated carbocycles. The van der Waals surface area contributed by atoms with Crippen LogP contribution in [0.15, 0.2) is 122 Å². The molecule has 56 heavy (non-hydrogen) atoms. The van der Waals surface area contributed by atoms with Gasteiger partial charge < -0.3 is 19.4 Å². The summed E-state index contributed by atoms with van der Waals surface area (Å²) in [5.41, 5.74) is 7.77. The van der Waals surface area contributed by atoms with Gasteiger partial charge in [-0.2, -0.15) is 0 Å². The first-order valence-corrected chi connectivity index (χ1v) is 17.8. The van der Waals surface area contributed by atoms with Gasteiger partial charge in [0.25, 0.3) is 0 Å². The number of benzene rings is 5. The molecule has 0 atom stereocenters. The number of aryl methyl sites for hydroxylation is 3. The second-order valence-electron chi connectivity index (χ2n) is 14.4. The Hall–Kier alpha value is -5.75. The molecule has 0 radical (unpaired) electrons. The number of hydrogen-bond acceptors (Lipinski definition) is 5. The van der Waals surface area contributed by atoms with Gasteiger partial charge in [-0.15, -0.1) is 12.1 Å². The summed E-state index contributed by atoms with van der Waals surface area (Å²) in [7, 11) is 0. The average Bonchev–Trinajstić information content (AvgIpc) is 3.15. The van der Waals surface area contributed by atoms with Crippen LogP contribution in [0.5, 0.6) is 23.1 Å². The Bertz CT molecular complexity index is 2440. The summed E-state index contributed by atoms with van der Waals surface area (Å²) in [6, 6.07) is 39.7. The molecule has 0 fully saturated rings. The summed E-state index contributed by atoms with van der Waals surface area (Å²) in [6.45, 7) is 12.1. The maximum Gasteiger partial charge on any atom is 2.00 e. The average molecular weight is 840 g/mol. The van der Waals surface area contributed by atoms with Crippen molar-refractivity contribution in [2.45, 2.75) is 47.0 Å². The molecule has 9 heteroatoms. The van der Waals surface area contributed by atoms with Crippen LogP contribution in [0.4, 0.5) is 30.2 Å². The number of pyridine rings is 2. The predicted molar refractivity (Wildman–Crippen MR) is 211 cm³/mol. The molecule has 7 rings (SSSR count). The minimum atomic E-state index is -1.71. The summed E-state index contributed by atoms with van der Waals surface area (Å²) >= 11 is 0. The topological polar surface area (TPSA) is 47.5 Å². The molecule has 0 aliphatic heterocycles. The van der Waals surface area contributed by atoms with E-state index in [4.69, 9.17) is 9.47 Å². The maximum absolute atomic E-state index is 15.6. The number of halogens is 3. The monoisotopic (exact) mass is 839 g/mol. The molecule has 284 valence electrons. The maximum atomic E-state index is 15.6. The fourth-order valence-electron chi connectivity index (χ4n) is 6.63. The van der Waals surface area contributed by atoms with Crippen LogP contribution in [-0.2, 0) is 25.8 Å². The Kier molecular flexibility index (Phi) is 11.8. The van der Waals surface area contributed by atoms with Crippen LogP contribution < -0.4 is 14.4 Å². The van der Waals surface area contributed by atoms with E-state index >= 15 is 13.2 Å². The first-order chi connectivity index (χ1) is 26.4. The largest absolute Gasteiger partial charge is 2.00 e. The van der Waals surface area contributed by atoms with Gasteiger partial charge in [0.2, 0.25) is 5.88 Å². The van der Waals surface area contributed by atoms with Gasteiger partial charge in [-0.05, 0) is 96.1 Å². The zero-order valence-electron chi connectivity index (χ0n) is 31.7. The molecule has 0 saturated heterocycles. The van der Waals surface area contributed by atoms with E-state index in [1.54, 1.807) is 30.5 Å². The number of rotatable bonds is 9. The summed E-state index contributed by atoms with van der Waals surface area (Å²) in [4.78, 5) is 10.7. The number of nitrogens with zero attached hydrogens (tertiary/aromatic N) is 3. The first-order valence-electron chi connectivity index (χ1n) is 17.8. The minimum absolute atomic E-state index is 0. The van der Waals surface area contributed by atoms with Gasteiger partial charge in [-0.3, -0.25) is 8.78 Å². The molecular formula is C47H38F3N3O2Pd. The van der Waals surface area contributed by atoms with Crippen molar-refractivity contribution in [3.05, 3.63) is 173 Å². The number of anilines is 3. The van der Waals surface area contributed by atoms with Crippen LogP contribution in [0, 0.1) is 50.4 Å². The van der Waals surface area contributed by atoms with E-state index in [0.29, 0.717) is 5.69 Å². The van der Waals surface area contributed by atoms with Crippen LogP contribution in [0.1, 0.15) is 43.0 Å². The Balaban J connectivity index is 0.00000532. The Morgan fingerprint density at radius 1 is 0.607 bits per heavy atom. The molecule has 0 aliphatic rings. The summed E-state index contributed by atoms with van der Waals surface area (Å²) in [5, 5.41) is 0. The SMILES string of the molecule is Cc1cc(C)c(-c2ccnc(Oc3[c-]c(Oc4[c-]c(-c5cc(C(C)(C)C)ccn5)c(F)c(F)c4F)cc(N(c4ccccc4)c4ccccc4)c3)c2)c(C)c1.[Pd+2]. The van der Waals surface area contributed by atoms with Crippen LogP contribution in [0.2, 0.25) is 0 Å². The van der Waals surface area contributed by atoms with Crippen LogP contribution in [0.3, 0.4) is 0 Å².